The van der Waals surface area contributed by atoms with Gasteiger partial charge in [-0.1, -0.05) is 19.8 Å². The maximum atomic E-state index is 11.8. The van der Waals surface area contributed by atoms with E-state index in [0.717, 1.165) is 19.3 Å². The number of amides is 4. The molecule has 0 aromatic heterocycles. The Balaban J connectivity index is 2.36. The highest BCUT2D eigenvalue weighted by molar-refractivity contribution is 6.19. The number of barbiturate groups is 1. The number of carbonyl (C=O) groups is 3. The first kappa shape index (κ1) is 10.1. The monoisotopic (exact) mass is 210 g/mol. The van der Waals surface area contributed by atoms with Crippen molar-refractivity contribution < 1.29 is 14.4 Å². The van der Waals surface area contributed by atoms with Gasteiger partial charge in [0, 0.05) is 0 Å². The second-order valence-corrected chi connectivity index (χ2v) is 4.21. The van der Waals surface area contributed by atoms with Crippen molar-refractivity contribution in [1.29, 1.82) is 0 Å². The van der Waals surface area contributed by atoms with Crippen LogP contribution in [0.1, 0.15) is 32.6 Å². The van der Waals surface area contributed by atoms with Crippen molar-refractivity contribution in [3.8, 4) is 0 Å². The van der Waals surface area contributed by atoms with Crippen molar-refractivity contribution in [3.05, 3.63) is 0 Å². The zero-order chi connectivity index (χ0) is 11.1. The number of imide groups is 2. The van der Waals surface area contributed by atoms with Crippen LogP contribution in [0.4, 0.5) is 4.79 Å². The van der Waals surface area contributed by atoms with Crippen LogP contribution in [-0.2, 0) is 9.59 Å². The Bertz CT molecular complexity index is 318. The van der Waals surface area contributed by atoms with Gasteiger partial charge in [0.25, 0.3) is 0 Å². The van der Waals surface area contributed by atoms with Crippen molar-refractivity contribution in [2.75, 3.05) is 0 Å². The smallest absolute Gasteiger partial charge is 0.277 e. The fourth-order valence-corrected chi connectivity index (χ4v) is 2.79. The van der Waals surface area contributed by atoms with E-state index in [0.29, 0.717) is 6.42 Å². The number of hydrogen-bond acceptors (Lipinski definition) is 3. The Kier molecular flexibility index (Phi) is 2.25. The van der Waals surface area contributed by atoms with Crippen molar-refractivity contribution in [2.45, 2.75) is 32.6 Å². The predicted octanol–water partition coefficient (Wildman–Crippen LogP) is 0.549. The molecule has 1 unspecified atom stereocenters. The second-order valence-electron chi connectivity index (χ2n) is 4.21. The van der Waals surface area contributed by atoms with Gasteiger partial charge in [-0.2, -0.15) is 0 Å². The van der Waals surface area contributed by atoms with Crippen LogP contribution in [0.25, 0.3) is 0 Å². The molecule has 5 nitrogen and oxygen atoms in total. The Hall–Kier alpha value is -1.39. The Morgan fingerprint density at radius 3 is 2.40 bits per heavy atom. The Morgan fingerprint density at radius 1 is 1.27 bits per heavy atom. The molecule has 1 spiro atoms. The van der Waals surface area contributed by atoms with Gasteiger partial charge in [0.2, 0.25) is 11.8 Å². The summed E-state index contributed by atoms with van der Waals surface area (Å²) in [6.45, 7) is 1.97. The highest BCUT2D eigenvalue weighted by Crippen LogP contribution is 2.46. The van der Waals surface area contributed by atoms with E-state index in [-0.39, 0.29) is 5.92 Å². The molecule has 1 atom stereocenters. The van der Waals surface area contributed by atoms with E-state index >= 15 is 0 Å². The summed E-state index contributed by atoms with van der Waals surface area (Å²) in [6, 6.07) is -0.697. The summed E-state index contributed by atoms with van der Waals surface area (Å²) in [5.41, 5.74) is -0.983. The second kappa shape index (κ2) is 3.32. The molecule has 0 aromatic rings. The molecule has 15 heavy (non-hydrogen) atoms. The molecule has 0 radical (unpaired) electrons. The highest BCUT2D eigenvalue weighted by Gasteiger charge is 2.56. The number of hydrogen-bond donors (Lipinski definition) is 2. The molecule has 2 rings (SSSR count). The number of carbonyl (C=O) groups excluding carboxylic acids is 3. The van der Waals surface area contributed by atoms with Gasteiger partial charge in [0.05, 0.1) is 0 Å². The standard InChI is InChI=1S/C10H14N2O3/c1-2-6-4-3-5-10(6)7(13)11-9(15)12-8(10)14/h6H,2-5H2,1H3,(H2,11,12,13,14,15). The maximum Gasteiger partial charge on any atom is 0.328 e. The zero-order valence-corrected chi connectivity index (χ0v) is 8.63. The van der Waals surface area contributed by atoms with Crippen molar-refractivity contribution in [1.82, 2.24) is 10.6 Å². The summed E-state index contributed by atoms with van der Waals surface area (Å²) in [6.07, 6.45) is 3.09. The van der Waals surface area contributed by atoms with Crippen LogP contribution in [0.15, 0.2) is 0 Å². The predicted molar refractivity (Wildman–Crippen MR) is 51.7 cm³/mol. The molecule has 2 aliphatic rings. The van der Waals surface area contributed by atoms with E-state index in [1.165, 1.54) is 0 Å². The topological polar surface area (TPSA) is 75.3 Å². The molecule has 0 bridgehead atoms. The fourth-order valence-electron chi connectivity index (χ4n) is 2.79. The molecule has 82 valence electrons. The van der Waals surface area contributed by atoms with Crippen LogP contribution in [0.5, 0.6) is 0 Å². The molecule has 5 heteroatoms. The van der Waals surface area contributed by atoms with Crippen LogP contribution in [0.3, 0.4) is 0 Å². The minimum absolute atomic E-state index is 0.0607. The molecule has 1 saturated carbocycles. The molecule has 4 amide bonds. The van der Waals surface area contributed by atoms with E-state index in [1.807, 2.05) is 6.92 Å². The van der Waals surface area contributed by atoms with E-state index in [1.54, 1.807) is 0 Å². The van der Waals surface area contributed by atoms with Crippen molar-refractivity contribution in [2.24, 2.45) is 11.3 Å². The fraction of sp³-hybridized carbons (Fsp3) is 0.700. The van der Waals surface area contributed by atoms with Gasteiger partial charge in [0.1, 0.15) is 5.41 Å². The number of urea groups is 1. The lowest BCUT2D eigenvalue weighted by Crippen LogP contribution is -2.63. The average Bonchev–Trinajstić information content (AvgIpc) is 2.59. The van der Waals surface area contributed by atoms with Gasteiger partial charge in [-0.05, 0) is 18.8 Å². The minimum atomic E-state index is -0.983. The summed E-state index contributed by atoms with van der Waals surface area (Å²) in [7, 11) is 0. The number of nitrogens with one attached hydrogen (secondary N) is 2. The third kappa shape index (κ3) is 1.26. The molecule has 1 aliphatic carbocycles. The van der Waals surface area contributed by atoms with Crippen LogP contribution in [-0.4, -0.2) is 17.8 Å². The van der Waals surface area contributed by atoms with Gasteiger partial charge in [-0.3, -0.25) is 20.2 Å². The van der Waals surface area contributed by atoms with Gasteiger partial charge < -0.3 is 0 Å². The first-order chi connectivity index (χ1) is 7.11. The van der Waals surface area contributed by atoms with Crippen LogP contribution < -0.4 is 10.6 Å². The summed E-state index contributed by atoms with van der Waals surface area (Å²) in [5.74, 6) is -0.771. The maximum absolute atomic E-state index is 11.8. The third-order valence-corrected chi connectivity index (χ3v) is 3.58. The molecule has 0 aromatic carbocycles. The van der Waals surface area contributed by atoms with Crippen molar-refractivity contribution >= 4 is 17.8 Å². The minimum Gasteiger partial charge on any atom is -0.277 e. The lowest BCUT2D eigenvalue weighted by atomic mass is 9.74. The van der Waals surface area contributed by atoms with Crippen LogP contribution in [0.2, 0.25) is 0 Å². The van der Waals surface area contributed by atoms with Crippen LogP contribution in [0, 0.1) is 11.3 Å². The molecule has 2 fully saturated rings. The summed E-state index contributed by atoms with van der Waals surface area (Å²) < 4.78 is 0. The molecular weight excluding hydrogens is 196 g/mol. The van der Waals surface area contributed by atoms with Gasteiger partial charge >= 0.3 is 6.03 Å². The zero-order valence-electron chi connectivity index (χ0n) is 8.63. The Labute approximate surface area is 87.6 Å². The largest absolute Gasteiger partial charge is 0.328 e. The third-order valence-electron chi connectivity index (χ3n) is 3.58. The lowest BCUT2D eigenvalue weighted by molar-refractivity contribution is -0.147. The van der Waals surface area contributed by atoms with Gasteiger partial charge in [0.15, 0.2) is 0 Å². The number of rotatable bonds is 1. The van der Waals surface area contributed by atoms with Crippen molar-refractivity contribution in [3.63, 3.8) is 0 Å². The summed E-state index contributed by atoms with van der Waals surface area (Å²) >= 11 is 0. The quantitative estimate of drug-likeness (QED) is 0.620. The van der Waals surface area contributed by atoms with E-state index in [9.17, 15) is 14.4 Å². The molecule has 2 N–H and O–H groups in total. The van der Waals surface area contributed by atoms with Gasteiger partial charge in [-0.25, -0.2) is 4.79 Å². The average molecular weight is 210 g/mol. The van der Waals surface area contributed by atoms with Gasteiger partial charge in [-0.15, -0.1) is 0 Å². The van der Waals surface area contributed by atoms with E-state index in [4.69, 9.17) is 0 Å². The normalized spacial score (nSPS) is 29.1. The first-order valence-corrected chi connectivity index (χ1v) is 5.28. The SMILES string of the molecule is CCC1CCCC12C(=O)NC(=O)NC2=O. The molecule has 1 heterocycles. The molecule has 1 aliphatic heterocycles. The lowest BCUT2D eigenvalue weighted by Gasteiger charge is -2.34. The first-order valence-electron chi connectivity index (χ1n) is 5.28. The molecular formula is C10H14N2O3. The Morgan fingerprint density at radius 2 is 1.87 bits per heavy atom. The highest BCUT2D eigenvalue weighted by atomic mass is 16.2. The van der Waals surface area contributed by atoms with E-state index in [2.05, 4.69) is 10.6 Å². The summed E-state index contributed by atoms with van der Waals surface area (Å²) in [5, 5.41) is 4.39. The molecule has 1 saturated heterocycles. The van der Waals surface area contributed by atoms with E-state index < -0.39 is 23.3 Å². The van der Waals surface area contributed by atoms with Crippen LogP contribution >= 0.6 is 0 Å². The summed E-state index contributed by atoms with van der Waals surface area (Å²) in [4.78, 5) is 34.6.